The quantitative estimate of drug-likeness (QED) is 0.490. The van der Waals surface area contributed by atoms with Gasteiger partial charge < -0.3 is 10.1 Å². The second-order valence-electron chi connectivity index (χ2n) is 3.94. The third kappa shape index (κ3) is 2.79. The van der Waals surface area contributed by atoms with Crippen LogP contribution in [0.4, 0.5) is 5.82 Å². The lowest BCUT2D eigenvalue weighted by Crippen LogP contribution is -2.13. The highest BCUT2D eigenvalue weighted by Gasteiger charge is 2.20. The number of hydrogen-bond donors (Lipinski definition) is 0. The summed E-state index contributed by atoms with van der Waals surface area (Å²) in [5.74, 6) is -0.00491. The Labute approximate surface area is 113 Å². The first-order chi connectivity index (χ1) is 8.99. The highest BCUT2D eigenvalue weighted by Crippen LogP contribution is 2.16. The van der Waals surface area contributed by atoms with Crippen molar-refractivity contribution in [3.63, 3.8) is 0 Å². The molecule has 98 valence electrons. The number of hydrogen-bond acceptors (Lipinski definition) is 4. The molecule has 7 heteroatoms. The number of halogens is 1. The first kappa shape index (κ1) is 13.2. The molecule has 6 nitrogen and oxygen atoms in total. The van der Waals surface area contributed by atoms with Crippen LogP contribution in [0.5, 0.6) is 0 Å². The van der Waals surface area contributed by atoms with E-state index in [0.717, 1.165) is 6.20 Å². The fourth-order valence-corrected chi connectivity index (χ4v) is 1.79. The van der Waals surface area contributed by atoms with Gasteiger partial charge in [0.2, 0.25) is 5.78 Å². The predicted octanol–water partition coefficient (Wildman–Crippen LogP) is 2.64. The molecule has 1 aromatic carbocycles. The zero-order chi connectivity index (χ0) is 14.0. The molecular formula is C12H10ClN3O3. The Balaban J connectivity index is 2.26. The Morgan fingerprint density at radius 3 is 2.63 bits per heavy atom. The number of rotatable bonds is 4. The number of nitro groups is 1. The number of aryl methyl sites for hydroxylation is 1. The standard InChI is InChI=1S/C12H10ClN3O3/c1-8-14-6-12(16(18)19)15(8)7-11(17)9-2-4-10(13)5-3-9/h2-6H,7H2,1H3. The summed E-state index contributed by atoms with van der Waals surface area (Å²) in [6.45, 7) is 1.49. The number of Topliss-reactive ketones (excluding diaryl/α,β-unsaturated/α-hetero) is 1. The average molecular weight is 280 g/mol. The van der Waals surface area contributed by atoms with Gasteiger partial charge in [0.25, 0.3) is 0 Å². The third-order valence-corrected chi connectivity index (χ3v) is 2.94. The van der Waals surface area contributed by atoms with Crippen LogP contribution in [-0.4, -0.2) is 20.3 Å². The van der Waals surface area contributed by atoms with Gasteiger partial charge in [0.05, 0.1) is 0 Å². The van der Waals surface area contributed by atoms with E-state index in [1.165, 1.54) is 4.57 Å². The molecule has 2 aromatic rings. The summed E-state index contributed by atoms with van der Waals surface area (Å²) in [7, 11) is 0. The number of imidazole rings is 1. The van der Waals surface area contributed by atoms with Crippen LogP contribution in [0.3, 0.4) is 0 Å². The number of carbonyl (C=O) groups is 1. The minimum atomic E-state index is -0.560. The molecule has 0 N–H and O–H groups in total. The summed E-state index contributed by atoms with van der Waals surface area (Å²) in [4.78, 5) is 26.1. The van der Waals surface area contributed by atoms with Crippen molar-refractivity contribution in [1.29, 1.82) is 0 Å². The van der Waals surface area contributed by atoms with Gasteiger partial charge in [-0.1, -0.05) is 11.6 Å². The molecule has 2 rings (SSSR count). The predicted molar refractivity (Wildman–Crippen MR) is 69.4 cm³/mol. The van der Waals surface area contributed by atoms with Crippen molar-refractivity contribution in [2.24, 2.45) is 0 Å². The maximum absolute atomic E-state index is 12.0. The second-order valence-corrected chi connectivity index (χ2v) is 4.37. The number of nitrogens with zero attached hydrogens (tertiary/aromatic N) is 3. The summed E-state index contributed by atoms with van der Waals surface area (Å²) in [6, 6.07) is 6.37. The SMILES string of the molecule is Cc1ncc([N+](=O)[O-])n1CC(=O)c1ccc(Cl)cc1. The number of benzene rings is 1. The minimum Gasteiger partial charge on any atom is -0.358 e. The lowest BCUT2D eigenvalue weighted by molar-refractivity contribution is -0.392. The van der Waals surface area contributed by atoms with Crippen LogP contribution >= 0.6 is 11.6 Å². The van der Waals surface area contributed by atoms with E-state index in [1.54, 1.807) is 31.2 Å². The molecule has 0 fully saturated rings. The fraction of sp³-hybridized carbons (Fsp3) is 0.167. The molecule has 0 aliphatic rings. The number of carbonyl (C=O) groups excluding carboxylic acids is 1. The van der Waals surface area contributed by atoms with Crippen molar-refractivity contribution < 1.29 is 9.72 Å². The molecule has 1 heterocycles. The lowest BCUT2D eigenvalue weighted by atomic mass is 10.1. The Morgan fingerprint density at radius 2 is 2.05 bits per heavy atom. The Morgan fingerprint density at radius 1 is 1.42 bits per heavy atom. The molecule has 0 aliphatic heterocycles. The normalized spacial score (nSPS) is 10.4. The fourth-order valence-electron chi connectivity index (χ4n) is 1.67. The van der Waals surface area contributed by atoms with Gasteiger partial charge in [-0.15, -0.1) is 0 Å². The first-order valence-electron chi connectivity index (χ1n) is 5.44. The van der Waals surface area contributed by atoms with Gasteiger partial charge in [0, 0.05) is 17.5 Å². The van der Waals surface area contributed by atoms with E-state index < -0.39 is 4.92 Å². The molecule has 0 amide bonds. The molecule has 0 saturated heterocycles. The van der Waals surface area contributed by atoms with Gasteiger partial charge in [-0.05, 0) is 29.2 Å². The van der Waals surface area contributed by atoms with Crippen molar-refractivity contribution in [2.75, 3.05) is 0 Å². The van der Waals surface area contributed by atoms with Gasteiger partial charge in [0.15, 0.2) is 12.4 Å². The Bertz CT molecular complexity index is 634. The van der Waals surface area contributed by atoms with Gasteiger partial charge in [-0.3, -0.25) is 4.79 Å². The van der Waals surface area contributed by atoms with Crippen LogP contribution in [0.1, 0.15) is 16.2 Å². The van der Waals surface area contributed by atoms with E-state index in [0.29, 0.717) is 16.4 Å². The van der Waals surface area contributed by atoms with Crippen molar-refractivity contribution in [2.45, 2.75) is 13.5 Å². The van der Waals surface area contributed by atoms with Gasteiger partial charge >= 0.3 is 5.82 Å². The largest absolute Gasteiger partial charge is 0.358 e. The summed E-state index contributed by atoms with van der Waals surface area (Å²) >= 11 is 5.74. The molecule has 0 saturated carbocycles. The van der Waals surface area contributed by atoms with Crippen molar-refractivity contribution in [3.8, 4) is 0 Å². The maximum Gasteiger partial charge on any atom is 0.343 e. The van der Waals surface area contributed by atoms with E-state index in [4.69, 9.17) is 11.6 Å². The monoisotopic (exact) mass is 279 g/mol. The van der Waals surface area contributed by atoms with Crippen LogP contribution < -0.4 is 0 Å². The van der Waals surface area contributed by atoms with Gasteiger partial charge in [0.1, 0.15) is 6.20 Å². The van der Waals surface area contributed by atoms with Gasteiger partial charge in [-0.2, -0.15) is 0 Å². The maximum atomic E-state index is 12.0. The van der Waals surface area contributed by atoms with Crippen LogP contribution in [0, 0.1) is 17.0 Å². The van der Waals surface area contributed by atoms with Crippen LogP contribution in [-0.2, 0) is 6.54 Å². The van der Waals surface area contributed by atoms with E-state index in [-0.39, 0.29) is 18.1 Å². The Hall–Kier alpha value is -2.21. The highest BCUT2D eigenvalue weighted by molar-refractivity contribution is 6.30. The molecule has 1 aromatic heterocycles. The molecule has 0 unspecified atom stereocenters. The minimum absolute atomic E-state index is 0.121. The van der Waals surface area contributed by atoms with E-state index in [9.17, 15) is 14.9 Å². The van der Waals surface area contributed by atoms with Crippen molar-refractivity contribution in [3.05, 3.63) is 57.0 Å². The molecular weight excluding hydrogens is 270 g/mol. The highest BCUT2D eigenvalue weighted by atomic mass is 35.5. The molecule has 0 bridgehead atoms. The molecule has 0 atom stereocenters. The van der Waals surface area contributed by atoms with Crippen LogP contribution in [0.2, 0.25) is 5.02 Å². The van der Waals surface area contributed by atoms with Crippen molar-refractivity contribution >= 4 is 23.2 Å². The third-order valence-electron chi connectivity index (χ3n) is 2.69. The van der Waals surface area contributed by atoms with Crippen LogP contribution in [0.15, 0.2) is 30.5 Å². The van der Waals surface area contributed by atoms with E-state index in [1.807, 2.05) is 0 Å². The second kappa shape index (κ2) is 5.19. The summed E-state index contributed by atoms with van der Waals surface area (Å²) in [5.41, 5.74) is 0.451. The molecule has 0 radical (unpaired) electrons. The van der Waals surface area contributed by atoms with E-state index >= 15 is 0 Å². The smallest absolute Gasteiger partial charge is 0.343 e. The zero-order valence-corrected chi connectivity index (χ0v) is 10.8. The summed E-state index contributed by atoms with van der Waals surface area (Å²) in [6.07, 6.45) is 1.14. The number of aromatic nitrogens is 2. The summed E-state index contributed by atoms with van der Waals surface area (Å²) < 4.78 is 1.27. The Kier molecular flexibility index (Phi) is 3.62. The molecule has 19 heavy (non-hydrogen) atoms. The molecule has 0 aliphatic carbocycles. The first-order valence-corrected chi connectivity index (χ1v) is 5.82. The molecule has 0 spiro atoms. The van der Waals surface area contributed by atoms with E-state index in [2.05, 4.69) is 4.98 Å². The summed E-state index contributed by atoms with van der Waals surface area (Å²) in [5, 5.41) is 11.3. The average Bonchev–Trinajstić information content (AvgIpc) is 2.72. The van der Waals surface area contributed by atoms with Gasteiger partial charge in [-0.25, -0.2) is 9.55 Å². The zero-order valence-electron chi connectivity index (χ0n) is 10.0. The number of ketones is 1. The van der Waals surface area contributed by atoms with Crippen molar-refractivity contribution in [1.82, 2.24) is 9.55 Å². The lowest BCUT2D eigenvalue weighted by Gasteiger charge is -2.02. The topological polar surface area (TPSA) is 78.0 Å². The van der Waals surface area contributed by atoms with Crippen LogP contribution in [0.25, 0.3) is 0 Å².